The van der Waals surface area contributed by atoms with Crippen LogP contribution >= 0.6 is 11.3 Å². The number of thiophene rings is 1. The Morgan fingerprint density at radius 1 is 1.19 bits per heavy atom. The quantitative estimate of drug-likeness (QED) is 0.215. The summed E-state index contributed by atoms with van der Waals surface area (Å²) in [6, 6.07) is 4.47. The first kappa shape index (κ1) is 23.8. The number of amides is 2. The van der Waals surface area contributed by atoms with Crippen LogP contribution in [0.15, 0.2) is 18.2 Å². The van der Waals surface area contributed by atoms with Crippen LogP contribution in [-0.4, -0.2) is 49.6 Å². The number of primary amides is 1. The van der Waals surface area contributed by atoms with Crippen LogP contribution in [0.25, 0.3) is 0 Å². The first-order valence-electron chi connectivity index (χ1n) is 9.04. The lowest BCUT2D eigenvalue weighted by Crippen LogP contribution is -2.23. The number of esters is 1. The first-order chi connectivity index (χ1) is 14.7. The molecular formula is C19H22N4O7S. The molecule has 2 aromatic rings. The molecule has 0 saturated carbocycles. The van der Waals surface area contributed by atoms with Crippen molar-refractivity contribution in [1.82, 2.24) is 0 Å². The number of methoxy groups -OCH3 is 1. The van der Waals surface area contributed by atoms with E-state index >= 15 is 0 Å². The zero-order valence-corrected chi connectivity index (χ0v) is 18.0. The maximum absolute atomic E-state index is 12.5. The van der Waals surface area contributed by atoms with Gasteiger partial charge in [0.25, 0.3) is 11.6 Å². The molecule has 2 amide bonds. The van der Waals surface area contributed by atoms with Gasteiger partial charge in [0.05, 0.1) is 28.5 Å². The van der Waals surface area contributed by atoms with Crippen LogP contribution in [0.1, 0.15) is 31.2 Å². The second-order valence-electron chi connectivity index (χ2n) is 6.36. The van der Waals surface area contributed by atoms with E-state index in [1.165, 1.54) is 26.2 Å². The second-order valence-corrected chi connectivity index (χ2v) is 7.38. The molecule has 166 valence electrons. The van der Waals surface area contributed by atoms with E-state index in [1.54, 1.807) is 13.0 Å². The van der Waals surface area contributed by atoms with Gasteiger partial charge in [-0.1, -0.05) is 6.07 Å². The van der Waals surface area contributed by atoms with E-state index in [0.29, 0.717) is 16.8 Å². The maximum atomic E-state index is 12.5. The van der Waals surface area contributed by atoms with E-state index in [1.807, 2.05) is 0 Å². The number of hydrogen-bond donors (Lipinski definition) is 3. The van der Waals surface area contributed by atoms with E-state index < -0.39 is 22.7 Å². The maximum Gasteiger partial charge on any atom is 0.341 e. The summed E-state index contributed by atoms with van der Waals surface area (Å²) in [5, 5.41) is 16.6. The molecule has 31 heavy (non-hydrogen) atoms. The van der Waals surface area contributed by atoms with Gasteiger partial charge in [-0.3, -0.25) is 19.7 Å². The fourth-order valence-corrected chi connectivity index (χ4v) is 3.79. The van der Waals surface area contributed by atoms with Gasteiger partial charge in [-0.2, -0.15) is 0 Å². The van der Waals surface area contributed by atoms with Gasteiger partial charge in [0.1, 0.15) is 11.6 Å². The predicted octanol–water partition coefficient (Wildman–Crippen LogP) is 2.23. The van der Waals surface area contributed by atoms with E-state index in [-0.39, 0.29) is 40.9 Å². The minimum Gasteiger partial charge on any atom is -0.460 e. The van der Waals surface area contributed by atoms with Crippen molar-refractivity contribution in [3.8, 4) is 0 Å². The summed E-state index contributed by atoms with van der Waals surface area (Å²) in [5.41, 5.74) is 6.42. The summed E-state index contributed by atoms with van der Waals surface area (Å²) < 4.78 is 9.94. The highest BCUT2D eigenvalue weighted by atomic mass is 32.1. The summed E-state index contributed by atoms with van der Waals surface area (Å²) in [6.07, 6.45) is 0. The lowest BCUT2D eigenvalue weighted by atomic mass is 10.1. The number of nitrogens with zero attached hydrogens (tertiary/aromatic N) is 1. The fraction of sp³-hybridized carbons (Fsp3) is 0.316. The van der Waals surface area contributed by atoms with Crippen LogP contribution in [-0.2, 0) is 14.3 Å². The van der Waals surface area contributed by atoms with Crippen molar-refractivity contribution in [3.05, 3.63) is 49.9 Å². The molecule has 0 aliphatic carbocycles. The molecule has 0 atom stereocenters. The number of nitro benzene ring substituents is 1. The molecule has 1 aromatic heterocycles. The molecule has 0 aliphatic heterocycles. The third-order valence-electron chi connectivity index (χ3n) is 4.29. The van der Waals surface area contributed by atoms with Crippen LogP contribution in [0, 0.1) is 24.0 Å². The van der Waals surface area contributed by atoms with Crippen molar-refractivity contribution < 1.29 is 28.8 Å². The third kappa shape index (κ3) is 5.77. The Morgan fingerprint density at radius 2 is 1.90 bits per heavy atom. The Balaban J connectivity index is 2.18. The summed E-state index contributed by atoms with van der Waals surface area (Å²) >= 11 is 0.866. The van der Waals surface area contributed by atoms with Crippen molar-refractivity contribution in [1.29, 1.82) is 0 Å². The summed E-state index contributed by atoms with van der Waals surface area (Å²) in [5.74, 6) is -2.00. The average molecular weight is 450 g/mol. The third-order valence-corrected chi connectivity index (χ3v) is 5.51. The average Bonchev–Trinajstić information content (AvgIpc) is 3.03. The monoisotopic (exact) mass is 450 g/mol. The number of carbonyl (C=O) groups is 3. The number of benzene rings is 1. The number of hydrogen-bond acceptors (Lipinski definition) is 9. The smallest absolute Gasteiger partial charge is 0.341 e. The largest absolute Gasteiger partial charge is 0.460 e. The zero-order chi connectivity index (χ0) is 23.1. The van der Waals surface area contributed by atoms with Gasteiger partial charge >= 0.3 is 5.97 Å². The van der Waals surface area contributed by atoms with E-state index in [0.717, 1.165) is 11.3 Å². The van der Waals surface area contributed by atoms with Crippen molar-refractivity contribution in [2.45, 2.75) is 13.8 Å². The minimum atomic E-state index is -0.737. The van der Waals surface area contributed by atoms with Crippen LogP contribution in [0.5, 0.6) is 0 Å². The Morgan fingerprint density at radius 3 is 2.52 bits per heavy atom. The molecule has 0 fully saturated rings. The topological polar surface area (TPSA) is 163 Å². The molecule has 0 spiro atoms. The zero-order valence-electron chi connectivity index (χ0n) is 17.1. The molecule has 0 aliphatic rings. The molecule has 12 heteroatoms. The van der Waals surface area contributed by atoms with Crippen LogP contribution in [0.3, 0.4) is 0 Å². The normalized spacial score (nSPS) is 10.4. The van der Waals surface area contributed by atoms with E-state index in [9.17, 15) is 24.5 Å². The Kier molecular flexibility index (Phi) is 8.05. The van der Waals surface area contributed by atoms with Gasteiger partial charge in [0, 0.05) is 24.4 Å². The molecule has 0 bridgehead atoms. The Bertz CT molecular complexity index is 1020. The van der Waals surface area contributed by atoms with Gasteiger partial charge in [-0.15, -0.1) is 11.3 Å². The molecule has 1 aromatic carbocycles. The fourth-order valence-electron chi connectivity index (χ4n) is 2.73. The number of nitrogens with two attached hydrogens (primary N) is 1. The number of ether oxygens (including phenoxy) is 2. The van der Waals surface area contributed by atoms with Gasteiger partial charge in [-0.25, -0.2) is 4.79 Å². The predicted molar refractivity (Wildman–Crippen MR) is 115 cm³/mol. The molecule has 11 nitrogen and oxygen atoms in total. The summed E-state index contributed by atoms with van der Waals surface area (Å²) in [7, 11) is 1.45. The van der Waals surface area contributed by atoms with E-state index in [2.05, 4.69) is 10.6 Å². The first-order valence-corrected chi connectivity index (χ1v) is 9.86. The van der Waals surface area contributed by atoms with Gasteiger partial charge in [-0.05, 0) is 25.5 Å². The highest BCUT2D eigenvalue weighted by molar-refractivity contribution is 7.18. The standard InChI is InChI=1S/C19H22N4O7S/c1-10-12(5-4-6-13(10)23(27)28)21-9-14(24)22-18-15(19(26)30-8-7-29-3)11(2)16(31-18)17(20)25/h4-6,21H,7-9H2,1-3H3,(H2,20,25)(H,22,24). The van der Waals surface area contributed by atoms with Crippen LogP contribution in [0.2, 0.25) is 0 Å². The molecule has 0 saturated heterocycles. The molecule has 0 radical (unpaired) electrons. The van der Waals surface area contributed by atoms with Crippen LogP contribution in [0.4, 0.5) is 16.4 Å². The minimum absolute atomic E-state index is 0.00245. The summed E-state index contributed by atoms with van der Waals surface area (Å²) in [4.78, 5) is 47.2. The molecule has 2 rings (SSSR count). The highest BCUT2D eigenvalue weighted by Gasteiger charge is 2.26. The number of anilines is 2. The Hall–Kier alpha value is -3.51. The van der Waals surface area contributed by atoms with Gasteiger partial charge < -0.3 is 25.8 Å². The number of nitro groups is 1. The number of rotatable bonds is 10. The molecular weight excluding hydrogens is 428 g/mol. The highest BCUT2D eigenvalue weighted by Crippen LogP contribution is 2.33. The summed E-state index contributed by atoms with van der Waals surface area (Å²) in [6.45, 7) is 3.05. The van der Waals surface area contributed by atoms with Gasteiger partial charge in [0.2, 0.25) is 5.91 Å². The lowest BCUT2D eigenvalue weighted by molar-refractivity contribution is -0.385. The van der Waals surface area contributed by atoms with Gasteiger partial charge in [0.15, 0.2) is 0 Å². The second kappa shape index (κ2) is 10.5. The molecule has 1 heterocycles. The van der Waals surface area contributed by atoms with Crippen LogP contribution < -0.4 is 16.4 Å². The molecule has 4 N–H and O–H groups in total. The lowest BCUT2D eigenvalue weighted by Gasteiger charge is -2.11. The molecule has 0 unspecified atom stereocenters. The van der Waals surface area contributed by atoms with Crippen molar-refractivity contribution in [2.75, 3.05) is 37.5 Å². The SMILES string of the molecule is COCCOC(=O)c1c(NC(=O)CNc2cccc([N+](=O)[O-])c2C)sc(C(N)=O)c1C. The van der Waals surface area contributed by atoms with Crippen molar-refractivity contribution in [3.63, 3.8) is 0 Å². The van der Waals surface area contributed by atoms with Crippen molar-refractivity contribution in [2.24, 2.45) is 5.73 Å². The van der Waals surface area contributed by atoms with E-state index in [4.69, 9.17) is 15.2 Å². The number of nitrogens with one attached hydrogen (secondary N) is 2. The number of carbonyl (C=O) groups excluding carboxylic acids is 3. The Labute approximate surface area is 181 Å². The van der Waals surface area contributed by atoms with Crippen molar-refractivity contribution >= 4 is 45.5 Å².